The van der Waals surface area contributed by atoms with Gasteiger partial charge in [-0.1, -0.05) is 54.1 Å². The molecule has 0 bridgehead atoms. The Bertz CT molecular complexity index is 1120. The topological polar surface area (TPSA) is 46.6 Å². The zero-order valence-corrected chi connectivity index (χ0v) is 15.7. The van der Waals surface area contributed by atoms with Crippen LogP contribution in [-0.2, 0) is 10.0 Å². The van der Waals surface area contributed by atoms with Crippen molar-refractivity contribution < 1.29 is 13.2 Å². The smallest absolute Gasteiger partial charge is 0.264 e. The maximum Gasteiger partial charge on any atom is 0.264 e. The Labute approximate surface area is 159 Å². The monoisotopic (exact) mass is 377 g/mol. The van der Waals surface area contributed by atoms with Gasteiger partial charge in [-0.25, -0.2) is 8.42 Å². The van der Waals surface area contributed by atoms with Crippen molar-refractivity contribution in [3.05, 3.63) is 89.5 Å². The van der Waals surface area contributed by atoms with E-state index in [1.54, 1.807) is 16.4 Å². The normalized spacial score (nSPS) is 20.4. The van der Waals surface area contributed by atoms with Gasteiger partial charge in [-0.2, -0.15) is 0 Å². The highest BCUT2D eigenvalue weighted by Crippen LogP contribution is 2.55. The number of ether oxygens (including phenoxy) is 1. The summed E-state index contributed by atoms with van der Waals surface area (Å²) in [6.07, 6.45) is 0. The molecule has 2 aliphatic heterocycles. The van der Waals surface area contributed by atoms with Crippen molar-refractivity contribution in [1.29, 1.82) is 0 Å². The van der Waals surface area contributed by atoms with Gasteiger partial charge in [0.1, 0.15) is 5.75 Å². The van der Waals surface area contributed by atoms with Crippen LogP contribution < -0.4 is 9.04 Å². The Balaban J connectivity index is 1.74. The van der Waals surface area contributed by atoms with Crippen LogP contribution in [0.3, 0.4) is 0 Å². The van der Waals surface area contributed by atoms with E-state index < -0.39 is 10.0 Å². The maximum atomic E-state index is 13.7. The van der Waals surface area contributed by atoms with Gasteiger partial charge in [0.15, 0.2) is 0 Å². The number of fused-ring (bicyclic) bond motifs is 5. The first-order valence-electron chi connectivity index (χ1n) is 8.99. The van der Waals surface area contributed by atoms with Crippen LogP contribution in [0.4, 0.5) is 5.69 Å². The molecule has 3 aromatic carbocycles. The van der Waals surface area contributed by atoms with Crippen LogP contribution in [-0.4, -0.2) is 15.0 Å². The fraction of sp³-hybridized carbons (Fsp3) is 0.182. The summed E-state index contributed by atoms with van der Waals surface area (Å²) in [6.45, 7) is 2.42. The lowest BCUT2D eigenvalue weighted by molar-refractivity contribution is 0.248. The third-order valence-corrected chi connectivity index (χ3v) is 7.25. The molecule has 0 N–H and O–H groups in total. The first-order chi connectivity index (χ1) is 13.1. The van der Waals surface area contributed by atoms with Crippen LogP contribution in [0.1, 0.15) is 28.7 Å². The van der Waals surface area contributed by atoms with Gasteiger partial charge >= 0.3 is 0 Å². The molecule has 3 aromatic rings. The molecule has 136 valence electrons. The minimum Gasteiger partial charge on any atom is -0.492 e. The number of aryl methyl sites for hydroxylation is 1. The molecule has 0 unspecified atom stereocenters. The zero-order valence-electron chi connectivity index (χ0n) is 14.9. The van der Waals surface area contributed by atoms with Crippen molar-refractivity contribution in [2.24, 2.45) is 0 Å². The van der Waals surface area contributed by atoms with Crippen molar-refractivity contribution in [3.63, 3.8) is 0 Å². The van der Waals surface area contributed by atoms with Gasteiger partial charge in [0.05, 0.1) is 23.2 Å². The van der Waals surface area contributed by atoms with Crippen LogP contribution >= 0.6 is 0 Å². The quantitative estimate of drug-likeness (QED) is 0.664. The van der Waals surface area contributed by atoms with Crippen LogP contribution in [0, 0.1) is 6.92 Å². The van der Waals surface area contributed by atoms with Crippen LogP contribution in [0.15, 0.2) is 77.7 Å². The summed E-state index contributed by atoms with van der Waals surface area (Å²) in [5.41, 5.74) is 3.71. The summed E-state index contributed by atoms with van der Waals surface area (Å²) in [5, 5.41) is 0. The second kappa shape index (κ2) is 5.86. The third kappa shape index (κ3) is 2.38. The fourth-order valence-electron chi connectivity index (χ4n) is 4.15. The van der Waals surface area contributed by atoms with Crippen molar-refractivity contribution in [1.82, 2.24) is 0 Å². The Kier molecular flexibility index (Phi) is 3.56. The molecular weight excluding hydrogens is 358 g/mol. The van der Waals surface area contributed by atoms with Gasteiger partial charge in [0.25, 0.3) is 10.0 Å². The number of para-hydroxylation sites is 2. The number of hydrogen-bond acceptors (Lipinski definition) is 3. The van der Waals surface area contributed by atoms with Gasteiger partial charge in [0, 0.05) is 11.5 Å². The average molecular weight is 377 g/mol. The van der Waals surface area contributed by atoms with Gasteiger partial charge < -0.3 is 4.74 Å². The summed E-state index contributed by atoms with van der Waals surface area (Å²) in [5.74, 6) is 0.743. The molecule has 0 saturated carbocycles. The lowest BCUT2D eigenvalue weighted by Gasteiger charge is -2.34. The molecule has 4 nitrogen and oxygen atoms in total. The summed E-state index contributed by atoms with van der Waals surface area (Å²) < 4.78 is 34.9. The predicted molar refractivity (Wildman–Crippen MR) is 105 cm³/mol. The van der Waals surface area contributed by atoms with Gasteiger partial charge in [-0.15, -0.1) is 0 Å². The molecule has 2 atom stereocenters. The molecule has 0 saturated heterocycles. The number of benzene rings is 3. The molecule has 0 radical (unpaired) electrons. The summed E-state index contributed by atoms with van der Waals surface area (Å²) in [4.78, 5) is 0.313. The second-order valence-corrected chi connectivity index (χ2v) is 8.89. The molecule has 2 aliphatic rings. The second-order valence-electron chi connectivity index (χ2n) is 7.07. The SMILES string of the molecule is Cc1ccc(S(=O)(=O)N2c3ccccc3[C@H]3COc4ccccc4[C@H]32)cc1. The molecular formula is C22H19NO3S. The first kappa shape index (κ1) is 16.4. The Morgan fingerprint density at radius 3 is 2.33 bits per heavy atom. The fourth-order valence-corrected chi connectivity index (χ4v) is 5.84. The van der Waals surface area contributed by atoms with Crippen LogP contribution in [0.2, 0.25) is 0 Å². The summed E-state index contributed by atoms with van der Waals surface area (Å²) in [6, 6.07) is 22.2. The Morgan fingerprint density at radius 1 is 0.889 bits per heavy atom. The molecule has 2 heterocycles. The van der Waals surface area contributed by atoms with Crippen molar-refractivity contribution in [2.75, 3.05) is 10.9 Å². The molecule has 5 rings (SSSR count). The standard InChI is InChI=1S/C22H19NO3S/c1-15-10-12-16(13-11-15)27(24,25)23-20-8-4-2-6-17(20)19-14-26-21-9-5-3-7-18(21)22(19)23/h2-13,19,22H,14H2,1H3/t19-,22-/m1/s1. The lowest BCUT2D eigenvalue weighted by Crippen LogP contribution is -2.36. The van der Waals surface area contributed by atoms with Gasteiger partial charge in [0.2, 0.25) is 0 Å². The molecule has 0 aromatic heterocycles. The molecule has 0 aliphatic carbocycles. The van der Waals surface area contributed by atoms with Crippen molar-refractivity contribution >= 4 is 15.7 Å². The van der Waals surface area contributed by atoms with E-state index in [1.165, 1.54) is 0 Å². The third-order valence-electron chi connectivity index (χ3n) is 5.44. The average Bonchev–Trinajstić information content (AvgIpc) is 3.04. The van der Waals surface area contributed by atoms with E-state index in [4.69, 9.17) is 4.74 Å². The highest BCUT2D eigenvalue weighted by Gasteiger charge is 2.48. The van der Waals surface area contributed by atoms with Crippen molar-refractivity contribution in [2.45, 2.75) is 23.8 Å². The van der Waals surface area contributed by atoms with Crippen LogP contribution in [0.5, 0.6) is 5.75 Å². The molecule has 27 heavy (non-hydrogen) atoms. The summed E-state index contributed by atoms with van der Waals surface area (Å²) in [7, 11) is -3.70. The molecule has 0 fully saturated rings. The van der Waals surface area contributed by atoms with Gasteiger partial charge in [-0.3, -0.25) is 4.31 Å². The maximum absolute atomic E-state index is 13.7. The number of rotatable bonds is 2. The van der Waals surface area contributed by atoms with E-state index in [0.29, 0.717) is 11.5 Å². The van der Waals surface area contributed by atoms with E-state index in [-0.39, 0.29) is 12.0 Å². The number of nitrogens with zero attached hydrogens (tertiary/aromatic N) is 1. The number of anilines is 1. The Morgan fingerprint density at radius 2 is 1.56 bits per heavy atom. The molecule has 0 spiro atoms. The zero-order chi connectivity index (χ0) is 18.6. The van der Waals surface area contributed by atoms with E-state index in [0.717, 1.165) is 28.1 Å². The van der Waals surface area contributed by atoms with Crippen molar-refractivity contribution in [3.8, 4) is 5.75 Å². The largest absolute Gasteiger partial charge is 0.492 e. The minimum atomic E-state index is -3.70. The first-order valence-corrected chi connectivity index (χ1v) is 10.4. The number of sulfonamides is 1. The summed E-state index contributed by atoms with van der Waals surface area (Å²) >= 11 is 0. The minimum absolute atomic E-state index is 0.0173. The van der Waals surface area contributed by atoms with Gasteiger partial charge in [-0.05, 0) is 36.8 Å². The molecule has 5 heteroatoms. The highest BCUT2D eigenvalue weighted by atomic mass is 32.2. The van der Waals surface area contributed by atoms with E-state index >= 15 is 0 Å². The molecule has 0 amide bonds. The number of hydrogen-bond donors (Lipinski definition) is 0. The lowest BCUT2D eigenvalue weighted by atomic mass is 9.89. The highest BCUT2D eigenvalue weighted by molar-refractivity contribution is 7.92. The predicted octanol–water partition coefficient (Wildman–Crippen LogP) is 4.42. The van der Waals surface area contributed by atoms with E-state index in [2.05, 4.69) is 0 Å². The Hall–Kier alpha value is -2.79. The van der Waals surface area contributed by atoms with E-state index in [1.807, 2.05) is 67.6 Å². The van der Waals surface area contributed by atoms with Crippen LogP contribution in [0.25, 0.3) is 0 Å². The van der Waals surface area contributed by atoms with E-state index in [9.17, 15) is 8.42 Å².